The predicted molar refractivity (Wildman–Crippen MR) is 85.3 cm³/mol. The number of imidazole rings is 1. The van der Waals surface area contributed by atoms with Crippen LogP contribution in [0.25, 0.3) is 4.96 Å². The Hall–Kier alpha value is -1.18. The van der Waals surface area contributed by atoms with Crippen LogP contribution in [0.1, 0.15) is 19.5 Å². The molecular formula is C14H23N5OS. The standard InChI is InChI=1S/C14H23N5OS/c1-4-20-8-7-17-5-6-18(10-12(17)3)14-16-19-9-11(2)15-13(19)21-14/h9,12H,4-8,10H2,1-3H3. The number of hydrogen-bond donors (Lipinski definition) is 0. The van der Waals surface area contributed by atoms with Gasteiger partial charge < -0.3 is 9.64 Å². The van der Waals surface area contributed by atoms with Crippen LogP contribution in [0.15, 0.2) is 6.20 Å². The topological polar surface area (TPSA) is 45.9 Å². The smallest absolute Gasteiger partial charge is 0.214 e. The average molecular weight is 309 g/mol. The van der Waals surface area contributed by atoms with Crippen molar-refractivity contribution in [1.82, 2.24) is 19.5 Å². The molecule has 1 aliphatic heterocycles. The molecule has 3 rings (SSSR count). The molecule has 7 heteroatoms. The summed E-state index contributed by atoms with van der Waals surface area (Å²) in [5.41, 5.74) is 1.02. The van der Waals surface area contributed by atoms with Gasteiger partial charge in [-0.25, -0.2) is 9.50 Å². The third-order valence-electron chi connectivity index (χ3n) is 3.92. The summed E-state index contributed by atoms with van der Waals surface area (Å²) < 4.78 is 7.35. The molecule has 3 heterocycles. The van der Waals surface area contributed by atoms with Crippen LogP contribution >= 0.6 is 11.3 Å². The van der Waals surface area contributed by atoms with Gasteiger partial charge in [0.05, 0.1) is 18.5 Å². The molecule has 21 heavy (non-hydrogen) atoms. The summed E-state index contributed by atoms with van der Waals surface area (Å²) in [6, 6.07) is 0.525. The third kappa shape index (κ3) is 3.20. The SMILES string of the molecule is CCOCCN1CCN(c2nn3cc(C)nc3s2)CC1C. The molecule has 0 spiro atoms. The Morgan fingerprint density at radius 1 is 1.43 bits per heavy atom. The first-order valence-corrected chi connectivity index (χ1v) is 8.38. The van der Waals surface area contributed by atoms with E-state index in [1.807, 2.05) is 24.6 Å². The number of ether oxygens (including phenoxy) is 1. The van der Waals surface area contributed by atoms with Crippen molar-refractivity contribution in [3.63, 3.8) is 0 Å². The second-order valence-electron chi connectivity index (χ2n) is 5.52. The molecule has 1 aliphatic rings. The van der Waals surface area contributed by atoms with Crippen molar-refractivity contribution in [3.8, 4) is 0 Å². The van der Waals surface area contributed by atoms with E-state index in [9.17, 15) is 0 Å². The highest BCUT2D eigenvalue weighted by molar-refractivity contribution is 7.20. The van der Waals surface area contributed by atoms with Gasteiger partial charge in [-0.15, -0.1) is 5.10 Å². The maximum atomic E-state index is 5.46. The number of hydrogen-bond acceptors (Lipinski definition) is 6. The van der Waals surface area contributed by atoms with E-state index in [-0.39, 0.29) is 0 Å². The lowest BCUT2D eigenvalue weighted by atomic mass is 10.2. The molecule has 1 unspecified atom stereocenters. The molecule has 116 valence electrons. The molecule has 0 aliphatic carbocycles. The van der Waals surface area contributed by atoms with E-state index in [0.717, 1.165) is 55.2 Å². The minimum absolute atomic E-state index is 0.525. The first-order chi connectivity index (χ1) is 10.2. The number of nitrogens with zero attached hydrogens (tertiary/aromatic N) is 5. The molecule has 0 bridgehead atoms. The number of rotatable bonds is 5. The second-order valence-corrected chi connectivity index (χ2v) is 6.46. The molecule has 1 fully saturated rings. The maximum absolute atomic E-state index is 5.46. The molecule has 0 saturated carbocycles. The lowest BCUT2D eigenvalue weighted by molar-refractivity contribution is 0.0926. The van der Waals surface area contributed by atoms with Crippen molar-refractivity contribution >= 4 is 21.4 Å². The highest BCUT2D eigenvalue weighted by atomic mass is 32.1. The minimum atomic E-state index is 0.525. The first kappa shape index (κ1) is 14.7. The van der Waals surface area contributed by atoms with Gasteiger partial charge in [-0.1, -0.05) is 11.3 Å². The number of piperazine rings is 1. The van der Waals surface area contributed by atoms with Crippen LogP contribution in [-0.4, -0.2) is 64.9 Å². The predicted octanol–water partition coefficient (Wildman–Crippen LogP) is 1.65. The van der Waals surface area contributed by atoms with Gasteiger partial charge in [0.1, 0.15) is 0 Å². The van der Waals surface area contributed by atoms with Gasteiger partial charge in [0, 0.05) is 38.8 Å². The lowest BCUT2D eigenvalue weighted by Crippen LogP contribution is -2.52. The van der Waals surface area contributed by atoms with E-state index in [0.29, 0.717) is 6.04 Å². The van der Waals surface area contributed by atoms with Crippen molar-refractivity contribution in [1.29, 1.82) is 0 Å². The van der Waals surface area contributed by atoms with Crippen molar-refractivity contribution in [2.75, 3.05) is 44.3 Å². The van der Waals surface area contributed by atoms with Gasteiger partial charge >= 0.3 is 0 Å². The fourth-order valence-corrected chi connectivity index (χ4v) is 3.72. The van der Waals surface area contributed by atoms with E-state index in [2.05, 4.69) is 26.8 Å². The summed E-state index contributed by atoms with van der Waals surface area (Å²) in [5, 5.41) is 5.73. The molecule has 0 amide bonds. The zero-order valence-electron chi connectivity index (χ0n) is 12.9. The first-order valence-electron chi connectivity index (χ1n) is 7.57. The van der Waals surface area contributed by atoms with Gasteiger partial charge in [0.15, 0.2) is 0 Å². The summed E-state index contributed by atoms with van der Waals surface area (Å²) in [7, 11) is 0. The van der Waals surface area contributed by atoms with Gasteiger partial charge in [-0.2, -0.15) is 0 Å². The summed E-state index contributed by atoms with van der Waals surface area (Å²) in [5.74, 6) is 0. The fraction of sp³-hybridized carbons (Fsp3) is 0.714. The van der Waals surface area contributed by atoms with Crippen molar-refractivity contribution in [3.05, 3.63) is 11.9 Å². The third-order valence-corrected chi connectivity index (χ3v) is 4.90. The normalized spacial score (nSPS) is 20.5. The van der Waals surface area contributed by atoms with Gasteiger partial charge in [-0.3, -0.25) is 4.90 Å². The molecule has 0 aromatic carbocycles. The monoisotopic (exact) mass is 309 g/mol. The van der Waals surface area contributed by atoms with Gasteiger partial charge in [0.2, 0.25) is 10.1 Å². The summed E-state index contributed by atoms with van der Waals surface area (Å²) in [4.78, 5) is 10.3. The largest absolute Gasteiger partial charge is 0.380 e. The molecule has 2 aromatic heterocycles. The summed E-state index contributed by atoms with van der Waals surface area (Å²) in [6.07, 6.45) is 1.98. The zero-order chi connectivity index (χ0) is 14.8. The fourth-order valence-electron chi connectivity index (χ4n) is 2.75. The molecule has 1 saturated heterocycles. The number of aromatic nitrogens is 3. The number of aryl methyl sites for hydroxylation is 1. The lowest BCUT2D eigenvalue weighted by Gasteiger charge is -2.39. The van der Waals surface area contributed by atoms with Crippen LogP contribution in [-0.2, 0) is 4.74 Å². The molecule has 0 N–H and O–H groups in total. The van der Waals surface area contributed by atoms with Crippen molar-refractivity contribution in [2.24, 2.45) is 0 Å². The van der Waals surface area contributed by atoms with Crippen LogP contribution in [0.5, 0.6) is 0 Å². The highest BCUT2D eigenvalue weighted by Gasteiger charge is 2.25. The Bertz CT molecular complexity index is 564. The average Bonchev–Trinajstić information content (AvgIpc) is 2.98. The van der Waals surface area contributed by atoms with E-state index in [1.54, 1.807) is 11.3 Å². The van der Waals surface area contributed by atoms with Crippen LogP contribution in [0.2, 0.25) is 0 Å². The van der Waals surface area contributed by atoms with Crippen LogP contribution in [0.4, 0.5) is 5.13 Å². The Balaban J connectivity index is 1.62. The van der Waals surface area contributed by atoms with Crippen molar-refractivity contribution < 1.29 is 4.74 Å². The number of anilines is 1. The van der Waals surface area contributed by atoms with E-state index in [4.69, 9.17) is 4.74 Å². The molecular weight excluding hydrogens is 286 g/mol. The van der Waals surface area contributed by atoms with Crippen LogP contribution in [0, 0.1) is 6.92 Å². The van der Waals surface area contributed by atoms with Crippen molar-refractivity contribution in [2.45, 2.75) is 26.8 Å². The van der Waals surface area contributed by atoms with Crippen LogP contribution < -0.4 is 4.90 Å². The summed E-state index contributed by atoms with van der Waals surface area (Å²) in [6.45, 7) is 12.1. The number of fused-ring (bicyclic) bond motifs is 1. The highest BCUT2D eigenvalue weighted by Crippen LogP contribution is 2.25. The van der Waals surface area contributed by atoms with Gasteiger partial charge in [-0.05, 0) is 20.8 Å². The van der Waals surface area contributed by atoms with E-state index in [1.165, 1.54) is 0 Å². The molecule has 2 aromatic rings. The van der Waals surface area contributed by atoms with Gasteiger partial charge in [0.25, 0.3) is 0 Å². The zero-order valence-corrected chi connectivity index (χ0v) is 13.8. The minimum Gasteiger partial charge on any atom is -0.380 e. The quantitative estimate of drug-likeness (QED) is 0.786. The van der Waals surface area contributed by atoms with Crippen LogP contribution in [0.3, 0.4) is 0 Å². The maximum Gasteiger partial charge on any atom is 0.214 e. The molecule has 0 radical (unpaired) electrons. The molecule has 1 atom stereocenters. The Labute approximate surface area is 129 Å². The Kier molecular flexibility index (Phi) is 4.42. The molecule has 6 nitrogen and oxygen atoms in total. The van der Waals surface area contributed by atoms with E-state index >= 15 is 0 Å². The van der Waals surface area contributed by atoms with E-state index < -0.39 is 0 Å². The second kappa shape index (κ2) is 6.29. The summed E-state index contributed by atoms with van der Waals surface area (Å²) >= 11 is 1.67. The Morgan fingerprint density at radius 2 is 2.29 bits per heavy atom. The Morgan fingerprint density at radius 3 is 3.00 bits per heavy atom.